The van der Waals surface area contributed by atoms with Crippen LogP contribution in [0.4, 0.5) is 0 Å². The van der Waals surface area contributed by atoms with Crippen molar-refractivity contribution in [3.63, 3.8) is 0 Å². The number of aromatic nitrogens is 2. The van der Waals surface area contributed by atoms with Crippen molar-refractivity contribution in [2.45, 2.75) is 32.7 Å². The summed E-state index contributed by atoms with van der Waals surface area (Å²) in [6.07, 6.45) is 3.95. The second kappa shape index (κ2) is 4.08. The van der Waals surface area contributed by atoms with E-state index in [9.17, 15) is 4.79 Å². The smallest absolute Gasteiger partial charge is 0.257 e. The van der Waals surface area contributed by atoms with Crippen LogP contribution in [0, 0.1) is 12.8 Å². The van der Waals surface area contributed by atoms with Crippen molar-refractivity contribution >= 4 is 17.0 Å². The number of carbonyl (C=O) groups is 1. The van der Waals surface area contributed by atoms with Crippen molar-refractivity contribution < 1.29 is 9.32 Å². The van der Waals surface area contributed by atoms with Crippen LogP contribution >= 0.6 is 0 Å². The van der Waals surface area contributed by atoms with Gasteiger partial charge in [-0.3, -0.25) is 4.79 Å². The Morgan fingerprint density at radius 3 is 3.06 bits per heavy atom. The molecular formula is C13H15N3O2. The standard InChI is InChI=1S/C13H15N3O2/c1-7(9-3-4-9)15-12(17)10-5-11-8(2)16-18-13(11)14-6-10/h5-7,9H,3-4H2,1-2H3,(H,15,17)/t7-/m1/s1. The van der Waals surface area contributed by atoms with Crippen LogP contribution in [0.5, 0.6) is 0 Å². The highest BCUT2D eigenvalue weighted by molar-refractivity contribution is 5.97. The Kier molecular flexibility index (Phi) is 2.54. The summed E-state index contributed by atoms with van der Waals surface area (Å²) in [4.78, 5) is 16.2. The molecule has 0 bridgehead atoms. The molecule has 2 heterocycles. The summed E-state index contributed by atoms with van der Waals surface area (Å²) < 4.78 is 5.02. The van der Waals surface area contributed by atoms with E-state index in [0.717, 1.165) is 11.1 Å². The van der Waals surface area contributed by atoms with Gasteiger partial charge >= 0.3 is 0 Å². The summed E-state index contributed by atoms with van der Waals surface area (Å²) >= 11 is 0. The van der Waals surface area contributed by atoms with E-state index >= 15 is 0 Å². The first kappa shape index (κ1) is 11.2. The highest BCUT2D eigenvalue weighted by Crippen LogP contribution is 2.32. The molecule has 94 valence electrons. The average Bonchev–Trinajstić information content (AvgIpc) is 3.15. The van der Waals surface area contributed by atoms with E-state index in [0.29, 0.717) is 17.2 Å². The second-order valence-corrected chi connectivity index (χ2v) is 4.94. The van der Waals surface area contributed by atoms with Crippen molar-refractivity contribution in [2.75, 3.05) is 0 Å². The maximum Gasteiger partial charge on any atom is 0.257 e. The lowest BCUT2D eigenvalue weighted by molar-refractivity contribution is 0.0935. The van der Waals surface area contributed by atoms with Gasteiger partial charge in [0.25, 0.3) is 11.6 Å². The first-order chi connectivity index (χ1) is 8.65. The van der Waals surface area contributed by atoms with Gasteiger partial charge in [-0.05, 0) is 38.7 Å². The Morgan fingerprint density at radius 1 is 1.56 bits per heavy atom. The largest absolute Gasteiger partial charge is 0.349 e. The van der Waals surface area contributed by atoms with Crippen molar-refractivity contribution in [1.82, 2.24) is 15.5 Å². The number of rotatable bonds is 3. The van der Waals surface area contributed by atoms with Crippen LogP contribution in [0.2, 0.25) is 0 Å². The molecule has 18 heavy (non-hydrogen) atoms. The Bertz CT molecular complexity index is 601. The first-order valence-corrected chi connectivity index (χ1v) is 6.18. The van der Waals surface area contributed by atoms with E-state index in [2.05, 4.69) is 15.5 Å². The van der Waals surface area contributed by atoms with Crippen molar-refractivity contribution in [2.24, 2.45) is 5.92 Å². The van der Waals surface area contributed by atoms with Gasteiger partial charge in [-0.25, -0.2) is 4.98 Å². The second-order valence-electron chi connectivity index (χ2n) is 4.94. The van der Waals surface area contributed by atoms with Crippen LogP contribution < -0.4 is 5.32 Å². The summed E-state index contributed by atoms with van der Waals surface area (Å²) in [6, 6.07) is 2.01. The minimum Gasteiger partial charge on any atom is -0.349 e. The van der Waals surface area contributed by atoms with Crippen LogP contribution in [-0.4, -0.2) is 22.1 Å². The fraction of sp³-hybridized carbons (Fsp3) is 0.462. The molecule has 0 saturated heterocycles. The quantitative estimate of drug-likeness (QED) is 0.898. The molecule has 1 amide bonds. The SMILES string of the molecule is Cc1noc2ncc(C(=O)N[C@H](C)C3CC3)cc12. The van der Waals surface area contributed by atoms with Gasteiger partial charge in [0.2, 0.25) is 0 Å². The molecule has 0 aliphatic heterocycles. The predicted molar refractivity (Wildman–Crippen MR) is 66.2 cm³/mol. The van der Waals surface area contributed by atoms with Crippen LogP contribution in [-0.2, 0) is 0 Å². The molecule has 0 aromatic carbocycles. The number of aryl methyl sites for hydroxylation is 1. The summed E-state index contributed by atoms with van der Waals surface area (Å²) in [5.74, 6) is 0.562. The molecule has 0 spiro atoms. The molecule has 1 atom stereocenters. The van der Waals surface area contributed by atoms with Crippen LogP contribution in [0.1, 0.15) is 35.8 Å². The molecule has 5 nitrogen and oxygen atoms in total. The maximum absolute atomic E-state index is 12.1. The summed E-state index contributed by atoms with van der Waals surface area (Å²) in [5, 5.41) is 7.62. The topological polar surface area (TPSA) is 68.0 Å². The number of amides is 1. The third-order valence-corrected chi connectivity index (χ3v) is 3.46. The van der Waals surface area contributed by atoms with Gasteiger partial charge in [-0.2, -0.15) is 0 Å². The molecule has 1 saturated carbocycles. The van der Waals surface area contributed by atoms with Gasteiger partial charge in [-0.1, -0.05) is 5.16 Å². The Hall–Kier alpha value is -1.91. The van der Waals surface area contributed by atoms with Crippen LogP contribution in [0.25, 0.3) is 11.1 Å². The van der Waals surface area contributed by atoms with E-state index in [4.69, 9.17) is 4.52 Å². The number of nitrogens with zero attached hydrogens (tertiary/aromatic N) is 2. The number of hydrogen-bond donors (Lipinski definition) is 1. The minimum absolute atomic E-state index is 0.0793. The zero-order chi connectivity index (χ0) is 12.7. The van der Waals surface area contributed by atoms with Gasteiger partial charge < -0.3 is 9.84 Å². The first-order valence-electron chi connectivity index (χ1n) is 6.18. The maximum atomic E-state index is 12.1. The molecule has 1 aliphatic rings. The van der Waals surface area contributed by atoms with E-state index in [-0.39, 0.29) is 11.9 Å². The fourth-order valence-corrected chi connectivity index (χ4v) is 2.07. The molecule has 1 fully saturated rings. The van der Waals surface area contributed by atoms with Crippen molar-refractivity contribution in [3.8, 4) is 0 Å². The lowest BCUT2D eigenvalue weighted by atomic mass is 10.1. The molecule has 1 aliphatic carbocycles. The fourth-order valence-electron chi connectivity index (χ4n) is 2.07. The van der Waals surface area contributed by atoms with Crippen LogP contribution in [0.15, 0.2) is 16.8 Å². The monoisotopic (exact) mass is 245 g/mol. The minimum atomic E-state index is -0.0793. The normalized spacial score (nSPS) is 16.8. The molecule has 2 aromatic rings. The number of nitrogens with one attached hydrogen (secondary N) is 1. The number of carbonyl (C=O) groups excluding carboxylic acids is 1. The molecule has 3 rings (SSSR count). The number of hydrogen-bond acceptors (Lipinski definition) is 4. The van der Waals surface area contributed by atoms with E-state index in [1.54, 1.807) is 6.07 Å². The van der Waals surface area contributed by atoms with Gasteiger partial charge in [0.1, 0.15) is 0 Å². The predicted octanol–water partition coefficient (Wildman–Crippen LogP) is 2.06. The van der Waals surface area contributed by atoms with Crippen molar-refractivity contribution in [1.29, 1.82) is 0 Å². The van der Waals surface area contributed by atoms with Crippen molar-refractivity contribution in [3.05, 3.63) is 23.5 Å². The summed E-state index contributed by atoms with van der Waals surface area (Å²) in [5.41, 5.74) is 1.78. The summed E-state index contributed by atoms with van der Waals surface area (Å²) in [7, 11) is 0. The highest BCUT2D eigenvalue weighted by Gasteiger charge is 2.29. The zero-order valence-corrected chi connectivity index (χ0v) is 10.4. The van der Waals surface area contributed by atoms with Gasteiger partial charge in [0, 0.05) is 12.2 Å². The van der Waals surface area contributed by atoms with Gasteiger partial charge in [-0.15, -0.1) is 0 Å². The number of pyridine rings is 1. The molecule has 5 heteroatoms. The molecule has 0 unspecified atom stereocenters. The van der Waals surface area contributed by atoms with Gasteiger partial charge in [0.05, 0.1) is 16.6 Å². The van der Waals surface area contributed by atoms with E-state index < -0.39 is 0 Å². The van der Waals surface area contributed by atoms with E-state index in [1.807, 2.05) is 13.8 Å². The Balaban J connectivity index is 1.84. The zero-order valence-electron chi connectivity index (χ0n) is 10.4. The Morgan fingerprint density at radius 2 is 2.33 bits per heavy atom. The molecular weight excluding hydrogens is 230 g/mol. The lowest BCUT2D eigenvalue weighted by Crippen LogP contribution is -2.34. The average molecular weight is 245 g/mol. The number of fused-ring (bicyclic) bond motifs is 1. The summed E-state index contributed by atoms with van der Waals surface area (Å²) in [6.45, 7) is 3.88. The molecule has 0 radical (unpaired) electrons. The lowest BCUT2D eigenvalue weighted by Gasteiger charge is -2.12. The molecule has 1 N–H and O–H groups in total. The third-order valence-electron chi connectivity index (χ3n) is 3.46. The van der Waals surface area contributed by atoms with E-state index in [1.165, 1.54) is 19.0 Å². The molecule has 2 aromatic heterocycles. The van der Waals surface area contributed by atoms with Gasteiger partial charge in [0.15, 0.2) is 0 Å². The third kappa shape index (κ3) is 1.96. The Labute approximate surface area is 105 Å². The highest BCUT2D eigenvalue weighted by atomic mass is 16.5. The van der Waals surface area contributed by atoms with Crippen LogP contribution in [0.3, 0.4) is 0 Å².